The van der Waals surface area contributed by atoms with E-state index in [4.69, 9.17) is 10.3 Å². The number of carbonyl (C=O) groups is 1. The first-order valence-corrected chi connectivity index (χ1v) is 5.57. The zero-order chi connectivity index (χ0) is 11.7. The van der Waals surface area contributed by atoms with E-state index in [1.165, 1.54) is 0 Å². The molecule has 88 valence electrons. The van der Waals surface area contributed by atoms with E-state index in [1.54, 1.807) is 13.8 Å². The summed E-state index contributed by atoms with van der Waals surface area (Å²) in [4.78, 5) is 14.0. The highest BCUT2D eigenvalue weighted by Crippen LogP contribution is 2.18. The number of likely N-dealkylation sites (tertiary alicyclic amines) is 1. The Morgan fingerprint density at radius 2 is 2.06 bits per heavy atom. The van der Waals surface area contributed by atoms with Gasteiger partial charge in [-0.25, -0.2) is 0 Å². The number of amides is 1. The number of hydrogen-bond acceptors (Lipinski definition) is 4. The van der Waals surface area contributed by atoms with Gasteiger partial charge in [-0.1, -0.05) is 5.16 Å². The Hall–Kier alpha value is -1.36. The lowest BCUT2D eigenvalue weighted by atomic mass is 10.0. The molecule has 0 atom stereocenters. The summed E-state index contributed by atoms with van der Waals surface area (Å²) in [6, 6.07) is 0.230. The van der Waals surface area contributed by atoms with Gasteiger partial charge in [0.15, 0.2) is 0 Å². The van der Waals surface area contributed by atoms with E-state index in [0.717, 1.165) is 25.9 Å². The van der Waals surface area contributed by atoms with Crippen LogP contribution < -0.4 is 5.73 Å². The Bertz CT molecular complexity index is 372. The van der Waals surface area contributed by atoms with Crippen LogP contribution in [0.5, 0.6) is 0 Å². The molecule has 1 aliphatic rings. The predicted octanol–water partition coefficient (Wildman–Crippen LogP) is 0.855. The van der Waals surface area contributed by atoms with E-state index in [1.807, 2.05) is 4.90 Å². The summed E-state index contributed by atoms with van der Waals surface area (Å²) >= 11 is 0. The second-order valence-corrected chi connectivity index (χ2v) is 4.33. The van der Waals surface area contributed by atoms with Gasteiger partial charge < -0.3 is 15.2 Å². The predicted molar refractivity (Wildman–Crippen MR) is 59.1 cm³/mol. The van der Waals surface area contributed by atoms with Crippen LogP contribution in [0.1, 0.15) is 34.7 Å². The van der Waals surface area contributed by atoms with Gasteiger partial charge in [0.1, 0.15) is 11.3 Å². The topological polar surface area (TPSA) is 72.4 Å². The largest absolute Gasteiger partial charge is 0.361 e. The smallest absolute Gasteiger partial charge is 0.259 e. The van der Waals surface area contributed by atoms with E-state index < -0.39 is 0 Å². The molecule has 0 spiro atoms. The number of piperidine rings is 1. The van der Waals surface area contributed by atoms with Crippen LogP contribution in [-0.4, -0.2) is 35.1 Å². The standard InChI is InChI=1S/C11H17N3O2/c1-7-10(8(2)16-13-7)11(15)14-5-3-9(12)4-6-14/h9H,3-6,12H2,1-2H3. The van der Waals surface area contributed by atoms with Gasteiger partial charge in [-0.15, -0.1) is 0 Å². The Labute approximate surface area is 94.6 Å². The van der Waals surface area contributed by atoms with Crippen molar-refractivity contribution in [3.8, 4) is 0 Å². The number of nitrogens with zero attached hydrogens (tertiary/aromatic N) is 2. The first-order valence-electron chi connectivity index (χ1n) is 5.57. The van der Waals surface area contributed by atoms with Gasteiger partial charge in [0.05, 0.1) is 5.69 Å². The van der Waals surface area contributed by atoms with Gasteiger partial charge in [-0.2, -0.15) is 0 Å². The number of aromatic nitrogens is 1. The maximum absolute atomic E-state index is 12.2. The molecule has 2 N–H and O–H groups in total. The highest BCUT2D eigenvalue weighted by Gasteiger charge is 2.26. The fraction of sp³-hybridized carbons (Fsp3) is 0.636. The molecule has 0 bridgehead atoms. The van der Waals surface area contributed by atoms with Crippen LogP contribution >= 0.6 is 0 Å². The fourth-order valence-electron chi connectivity index (χ4n) is 2.05. The fourth-order valence-corrected chi connectivity index (χ4v) is 2.05. The van der Waals surface area contributed by atoms with Crippen molar-refractivity contribution >= 4 is 5.91 Å². The Morgan fingerprint density at radius 1 is 1.44 bits per heavy atom. The molecule has 0 unspecified atom stereocenters. The van der Waals surface area contributed by atoms with Crippen LogP contribution in [-0.2, 0) is 0 Å². The molecule has 1 fully saturated rings. The molecule has 5 heteroatoms. The number of carbonyl (C=O) groups excluding carboxylic acids is 1. The zero-order valence-electron chi connectivity index (χ0n) is 9.69. The number of hydrogen-bond donors (Lipinski definition) is 1. The third-order valence-corrected chi connectivity index (χ3v) is 3.07. The lowest BCUT2D eigenvalue weighted by Gasteiger charge is -2.30. The van der Waals surface area contributed by atoms with Crippen LogP contribution in [0.15, 0.2) is 4.52 Å². The monoisotopic (exact) mass is 223 g/mol. The molecule has 2 rings (SSSR count). The molecule has 0 radical (unpaired) electrons. The second kappa shape index (κ2) is 4.25. The van der Waals surface area contributed by atoms with Crippen LogP contribution in [0.25, 0.3) is 0 Å². The van der Waals surface area contributed by atoms with E-state index in [2.05, 4.69) is 5.16 Å². The summed E-state index contributed by atoms with van der Waals surface area (Å²) in [5.41, 5.74) is 7.08. The summed E-state index contributed by atoms with van der Waals surface area (Å²) in [6.07, 6.45) is 1.74. The van der Waals surface area contributed by atoms with Crippen molar-refractivity contribution in [2.24, 2.45) is 5.73 Å². The first-order chi connectivity index (χ1) is 7.59. The minimum atomic E-state index is 0.0168. The molecular weight excluding hydrogens is 206 g/mol. The molecule has 5 nitrogen and oxygen atoms in total. The quantitative estimate of drug-likeness (QED) is 0.766. The Morgan fingerprint density at radius 3 is 2.56 bits per heavy atom. The van der Waals surface area contributed by atoms with Gasteiger partial charge in [0, 0.05) is 19.1 Å². The van der Waals surface area contributed by atoms with Crippen molar-refractivity contribution in [2.75, 3.05) is 13.1 Å². The molecule has 1 aromatic rings. The minimum Gasteiger partial charge on any atom is -0.361 e. The molecule has 1 aliphatic heterocycles. The Balaban J connectivity index is 2.14. The molecule has 0 saturated carbocycles. The Kier molecular flexibility index (Phi) is 2.96. The normalized spacial score (nSPS) is 17.8. The van der Waals surface area contributed by atoms with Crippen molar-refractivity contribution < 1.29 is 9.32 Å². The van der Waals surface area contributed by atoms with Crippen LogP contribution in [0.3, 0.4) is 0 Å². The summed E-state index contributed by atoms with van der Waals surface area (Å²) in [5.74, 6) is 0.612. The second-order valence-electron chi connectivity index (χ2n) is 4.33. The van der Waals surface area contributed by atoms with E-state index in [9.17, 15) is 4.79 Å². The highest BCUT2D eigenvalue weighted by molar-refractivity contribution is 5.96. The zero-order valence-corrected chi connectivity index (χ0v) is 9.69. The molecule has 0 aliphatic carbocycles. The third-order valence-electron chi connectivity index (χ3n) is 3.07. The number of aryl methyl sites for hydroxylation is 2. The highest BCUT2D eigenvalue weighted by atomic mass is 16.5. The summed E-state index contributed by atoms with van der Waals surface area (Å²) in [5, 5.41) is 3.80. The molecule has 0 aromatic carbocycles. The lowest BCUT2D eigenvalue weighted by molar-refractivity contribution is 0.0712. The average Bonchev–Trinajstić information content (AvgIpc) is 2.59. The molecule has 1 saturated heterocycles. The maximum atomic E-state index is 12.2. The molecule has 16 heavy (non-hydrogen) atoms. The van der Waals surface area contributed by atoms with Crippen molar-refractivity contribution in [1.82, 2.24) is 10.1 Å². The summed E-state index contributed by atoms with van der Waals surface area (Å²) < 4.78 is 5.01. The summed E-state index contributed by atoms with van der Waals surface area (Å²) in [6.45, 7) is 5.01. The van der Waals surface area contributed by atoms with Gasteiger partial charge in [0.2, 0.25) is 0 Å². The minimum absolute atomic E-state index is 0.0168. The van der Waals surface area contributed by atoms with Crippen molar-refractivity contribution in [2.45, 2.75) is 32.7 Å². The van der Waals surface area contributed by atoms with Crippen LogP contribution in [0.2, 0.25) is 0 Å². The van der Waals surface area contributed by atoms with E-state index >= 15 is 0 Å². The number of nitrogens with two attached hydrogens (primary N) is 1. The molecular formula is C11H17N3O2. The van der Waals surface area contributed by atoms with Crippen LogP contribution in [0, 0.1) is 13.8 Å². The number of rotatable bonds is 1. The molecule has 1 amide bonds. The third kappa shape index (κ3) is 1.95. The summed E-state index contributed by atoms with van der Waals surface area (Å²) in [7, 11) is 0. The molecule has 1 aromatic heterocycles. The van der Waals surface area contributed by atoms with E-state index in [0.29, 0.717) is 17.0 Å². The van der Waals surface area contributed by atoms with Gasteiger partial charge in [-0.3, -0.25) is 4.79 Å². The average molecular weight is 223 g/mol. The van der Waals surface area contributed by atoms with E-state index in [-0.39, 0.29) is 11.9 Å². The SMILES string of the molecule is Cc1noc(C)c1C(=O)N1CCC(N)CC1. The van der Waals surface area contributed by atoms with Crippen molar-refractivity contribution in [1.29, 1.82) is 0 Å². The molecule has 2 heterocycles. The first kappa shape index (κ1) is 11.1. The maximum Gasteiger partial charge on any atom is 0.259 e. The van der Waals surface area contributed by atoms with Crippen LogP contribution in [0.4, 0.5) is 0 Å². The van der Waals surface area contributed by atoms with Crippen molar-refractivity contribution in [3.63, 3.8) is 0 Å². The van der Waals surface area contributed by atoms with Gasteiger partial charge in [-0.05, 0) is 26.7 Å². The van der Waals surface area contributed by atoms with Gasteiger partial charge >= 0.3 is 0 Å². The van der Waals surface area contributed by atoms with Crippen molar-refractivity contribution in [3.05, 3.63) is 17.0 Å². The lowest BCUT2D eigenvalue weighted by Crippen LogP contribution is -2.43. The van der Waals surface area contributed by atoms with Gasteiger partial charge in [0.25, 0.3) is 5.91 Å².